The Labute approximate surface area is 95.3 Å². The fourth-order valence-corrected chi connectivity index (χ4v) is 1.42. The monoisotopic (exact) mass is 241 g/mol. The van der Waals surface area contributed by atoms with E-state index in [1.165, 1.54) is 18.5 Å². The molecule has 2 heterocycles. The average Bonchev–Trinajstić information content (AvgIpc) is 2.74. The van der Waals surface area contributed by atoms with Gasteiger partial charge in [0, 0.05) is 18.6 Å². The third-order valence-corrected chi connectivity index (χ3v) is 2.56. The Balaban J connectivity index is 2.47. The number of imidazole rings is 1. The van der Waals surface area contributed by atoms with Crippen molar-refractivity contribution in [3.63, 3.8) is 0 Å². The van der Waals surface area contributed by atoms with Gasteiger partial charge >= 0.3 is 0 Å². The van der Waals surface area contributed by atoms with Crippen LogP contribution in [0.5, 0.6) is 0 Å². The highest BCUT2D eigenvalue weighted by atomic mass is 35.5. The number of nitrogens with zero attached hydrogens (tertiary/aromatic N) is 2. The summed E-state index contributed by atoms with van der Waals surface area (Å²) in [4.78, 5) is 22.1. The number of ketones is 1. The number of carbonyl (C=O) groups is 1. The van der Waals surface area contributed by atoms with Gasteiger partial charge in [0.05, 0.1) is 10.0 Å². The molecule has 0 aliphatic heterocycles. The zero-order valence-electron chi connectivity index (χ0n) is 7.37. The topological polar surface area (TPSA) is 58.6 Å². The standard InChI is InChI=1S/C9H5Cl2N3O/c10-5-1-2-12-7(6(5)11)8(15)9-13-3-4-14-9/h1-4H,(H,13,14). The van der Waals surface area contributed by atoms with E-state index in [1.807, 2.05) is 0 Å². The molecule has 2 aromatic heterocycles. The van der Waals surface area contributed by atoms with Gasteiger partial charge in [-0.25, -0.2) is 4.98 Å². The first-order valence-corrected chi connectivity index (χ1v) is 4.80. The summed E-state index contributed by atoms with van der Waals surface area (Å²) in [6.07, 6.45) is 4.45. The summed E-state index contributed by atoms with van der Waals surface area (Å²) in [5.74, 6) is -0.195. The Hall–Kier alpha value is -1.39. The molecule has 0 saturated heterocycles. The first-order chi connectivity index (χ1) is 7.20. The maximum Gasteiger partial charge on any atom is 0.248 e. The second-order valence-corrected chi connectivity index (χ2v) is 3.51. The third-order valence-electron chi connectivity index (χ3n) is 1.77. The van der Waals surface area contributed by atoms with Crippen LogP contribution in [0.3, 0.4) is 0 Å². The van der Waals surface area contributed by atoms with Gasteiger partial charge in [-0.2, -0.15) is 0 Å². The van der Waals surface area contributed by atoms with Crippen molar-refractivity contribution in [1.82, 2.24) is 15.0 Å². The van der Waals surface area contributed by atoms with E-state index in [1.54, 1.807) is 6.20 Å². The number of carbonyl (C=O) groups excluding carboxylic acids is 1. The van der Waals surface area contributed by atoms with E-state index in [2.05, 4.69) is 15.0 Å². The van der Waals surface area contributed by atoms with Gasteiger partial charge < -0.3 is 4.98 Å². The maximum absolute atomic E-state index is 11.8. The number of hydrogen-bond acceptors (Lipinski definition) is 3. The molecule has 2 aromatic rings. The zero-order valence-corrected chi connectivity index (χ0v) is 8.88. The van der Waals surface area contributed by atoms with E-state index >= 15 is 0 Å². The summed E-state index contributed by atoms with van der Waals surface area (Å²) >= 11 is 11.6. The molecule has 0 aliphatic rings. The third kappa shape index (κ3) is 1.86. The molecule has 76 valence electrons. The molecule has 6 heteroatoms. The van der Waals surface area contributed by atoms with Crippen LogP contribution in [0.1, 0.15) is 16.3 Å². The maximum atomic E-state index is 11.8. The van der Waals surface area contributed by atoms with Gasteiger partial charge in [-0.3, -0.25) is 9.78 Å². The minimum Gasteiger partial charge on any atom is -0.342 e. The molecule has 0 saturated carbocycles. The largest absolute Gasteiger partial charge is 0.342 e. The predicted octanol–water partition coefficient (Wildman–Crippen LogP) is 2.34. The van der Waals surface area contributed by atoms with Crippen molar-refractivity contribution in [2.24, 2.45) is 0 Å². The first-order valence-electron chi connectivity index (χ1n) is 4.04. The smallest absolute Gasteiger partial charge is 0.248 e. The van der Waals surface area contributed by atoms with Gasteiger partial charge in [-0.15, -0.1) is 0 Å². The van der Waals surface area contributed by atoms with Crippen LogP contribution in [0.15, 0.2) is 24.7 Å². The Morgan fingerprint density at radius 2 is 2.07 bits per heavy atom. The highest BCUT2D eigenvalue weighted by molar-refractivity contribution is 6.44. The molecule has 15 heavy (non-hydrogen) atoms. The number of aromatic amines is 1. The number of hydrogen-bond donors (Lipinski definition) is 1. The fraction of sp³-hybridized carbons (Fsp3) is 0. The molecule has 0 aromatic carbocycles. The molecule has 0 unspecified atom stereocenters. The summed E-state index contributed by atoms with van der Waals surface area (Å²) in [7, 11) is 0. The molecule has 2 rings (SSSR count). The van der Waals surface area contributed by atoms with E-state index in [0.717, 1.165) is 0 Å². The average molecular weight is 242 g/mol. The van der Waals surface area contributed by atoms with Crippen LogP contribution in [0.4, 0.5) is 0 Å². The second kappa shape index (κ2) is 4.00. The lowest BCUT2D eigenvalue weighted by Gasteiger charge is -2.00. The summed E-state index contributed by atoms with van der Waals surface area (Å²) in [5.41, 5.74) is 0.0964. The van der Waals surface area contributed by atoms with Crippen molar-refractivity contribution in [3.8, 4) is 0 Å². The highest BCUT2D eigenvalue weighted by Crippen LogP contribution is 2.24. The van der Waals surface area contributed by atoms with Gasteiger partial charge in [0.2, 0.25) is 5.78 Å². The van der Waals surface area contributed by atoms with Crippen molar-refractivity contribution in [2.45, 2.75) is 0 Å². The van der Waals surface area contributed by atoms with Crippen LogP contribution in [0.2, 0.25) is 10.0 Å². The molecule has 0 fully saturated rings. The van der Waals surface area contributed by atoms with E-state index in [-0.39, 0.29) is 22.3 Å². The lowest BCUT2D eigenvalue weighted by Crippen LogP contribution is -2.06. The van der Waals surface area contributed by atoms with E-state index in [9.17, 15) is 4.79 Å². The van der Waals surface area contributed by atoms with E-state index in [0.29, 0.717) is 5.02 Å². The molecule has 0 bridgehead atoms. The molecule has 0 spiro atoms. The van der Waals surface area contributed by atoms with Crippen molar-refractivity contribution < 1.29 is 4.79 Å². The summed E-state index contributed by atoms with van der Waals surface area (Å²) in [5, 5.41) is 0.433. The van der Waals surface area contributed by atoms with Gasteiger partial charge in [0.25, 0.3) is 0 Å². The summed E-state index contributed by atoms with van der Waals surface area (Å²) < 4.78 is 0. The minimum absolute atomic E-state index is 0.0964. The van der Waals surface area contributed by atoms with Crippen LogP contribution in [0, 0.1) is 0 Å². The SMILES string of the molecule is O=C(c1ncc[nH]1)c1nccc(Cl)c1Cl. The Kier molecular flexibility index (Phi) is 2.70. The van der Waals surface area contributed by atoms with Crippen molar-refractivity contribution >= 4 is 29.0 Å². The van der Waals surface area contributed by atoms with Crippen molar-refractivity contribution in [2.75, 3.05) is 0 Å². The van der Waals surface area contributed by atoms with Crippen molar-refractivity contribution in [1.29, 1.82) is 0 Å². The van der Waals surface area contributed by atoms with Crippen LogP contribution < -0.4 is 0 Å². The molecular formula is C9H5Cl2N3O. The molecule has 0 amide bonds. The first kappa shape index (κ1) is 10.1. The van der Waals surface area contributed by atoms with E-state index < -0.39 is 0 Å². The number of pyridine rings is 1. The Bertz CT molecular complexity index is 496. The lowest BCUT2D eigenvalue weighted by atomic mass is 10.2. The van der Waals surface area contributed by atoms with Gasteiger partial charge in [-0.1, -0.05) is 23.2 Å². The predicted molar refractivity (Wildman–Crippen MR) is 56.3 cm³/mol. The number of halogens is 2. The molecular weight excluding hydrogens is 237 g/mol. The number of aromatic nitrogens is 3. The van der Waals surface area contributed by atoms with Crippen LogP contribution >= 0.6 is 23.2 Å². The number of rotatable bonds is 2. The number of H-pyrrole nitrogens is 1. The van der Waals surface area contributed by atoms with Gasteiger partial charge in [0.1, 0.15) is 5.69 Å². The van der Waals surface area contributed by atoms with Gasteiger partial charge in [-0.05, 0) is 6.07 Å². The zero-order chi connectivity index (χ0) is 10.8. The Morgan fingerprint density at radius 1 is 1.27 bits per heavy atom. The van der Waals surface area contributed by atoms with Crippen LogP contribution in [-0.2, 0) is 0 Å². The summed E-state index contributed by atoms with van der Waals surface area (Å²) in [6, 6.07) is 1.52. The van der Waals surface area contributed by atoms with Crippen LogP contribution in [0.25, 0.3) is 0 Å². The van der Waals surface area contributed by atoms with Crippen molar-refractivity contribution in [3.05, 3.63) is 46.2 Å². The molecule has 0 aliphatic carbocycles. The molecule has 1 N–H and O–H groups in total. The quantitative estimate of drug-likeness (QED) is 0.822. The molecule has 0 atom stereocenters. The lowest BCUT2D eigenvalue weighted by molar-refractivity contribution is 0.102. The highest BCUT2D eigenvalue weighted by Gasteiger charge is 2.17. The fourth-order valence-electron chi connectivity index (χ4n) is 1.08. The molecule has 0 radical (unpaired) electrons. The number of nitrogens with one attached hydrogen (secondary N) is 1. The summed E-state index contributed by atoms with van der Waals surface area (Å²) in [6.45, 7) is 0. The minimum atomic E-state index is -0.382. The normalized spacial score (nSPS) is 10.3. The molecule has 4 nitrogen and oxygen atoms in total. The van der Waals surface area contributed by atoms with E-state index in [4.69, 9.17) is 23.2 Å². The van der Waals surface area contributed by atoms with Crippen LogP contribution in [-0.4, -0.2) is 20.7 Å². The van der Waals surface area contributed by atoms with Gasteiger partial charge in [0.15, 0.2) is 5.82 Å². The second-order valence-electron chi connectivity index (χ2n) is 2.72. The Morgan fingerprint density at radius 3 is 2.73 bits per heavy atom.